The van der Waals surface area contributed by atoms with E-state index < -0.39 is 0 Å². The molecule has 0 spiro atoms. The minimum atomic E-state index is -0.339. The fourth-order valence-corrected chi connectivity index (χ4v) is 2.56. The lowest BCUT2D eigenvalue weighted by Gasteiger charge is -2.33. The molecule has 0 radical (unpaired) electrons. The largest absolute Gasteiger partial charge is 0.346 e. The summed E-state index contributed by atoms with van der Waals surface area (Å²) < 4.78 is 0. The van der Waals surface area contributed by atoms with Crippen LogP contribution in [0.15, 0.2) is 23.2 Å². The second kappa shape index (κ2) is 4.66. The maximum Gasteiger partial charge on any atom is 0.249 e. The van der Waals surface area contributed by atoms with Crippen LogP contribution in [0.2, 0.25) is 5.02 Å². The van der Waals surface area contributed by atoms with Crippen molar-refractivity contribution in [2.45, 2.75) is 25.4 Å². The van der Waals surface area contributed by atoms with E-state index in [9.17, 15) is 9.59 Å². The average Bonchev–Trinajstić information content (AvgIpc) is 2.38. The van der Waals surface area contributed by atoms with E-state index in [2.05, 4.69) is 10.3 Å². The number of nitrogens with one attached hydrogen (secondary N) is 1. The lowest BCUT2D eigenvalue weighted by Crippen LogP contribution is -2.52. The van der Waals surface area contributed by atoms with Gasteiger partial charge in [-0.2, -0.15) is 0 Å². The Labute approximate surface area is 115 Å². The summed E-state index contributed by atoms with van der Waals surface area (Å²) in [6.07, 6.45) is 2.55. The molecule has 5 nitrogen and oxygen atoms in total. The molecule has 2 amide bonds. The number of carbonyl (C=O) groups is 2. The predicted octanol–water partition coefficient (Wildman–Crippen LogP) is 1.62. The third kappa shape index (κ3) is 2.33. The Balaban J connectivity index is 1.82. The number of nitrogens with zero attached hydrogens (tertiary/aromatic N) is 2. The number of amides is 2. The molecule has 2 aliphatic rings. The number of halogens is 1. The Morgan fingerprint density at radius 1 is 1.37 bits per heavy atom. The Bertz CT molecular complexity index is 585. The molecule has 2 aliphatic heterocycles. The monoisotopic (exact) mass is 277 g/mol. The zero-order valence-electron chi connectivity index (χ0n) is 10.1. The van der Waals surface area contributed by atoms with E-state index in [1.54, 1.807) is 12.4 Å². The third-order valence-corrected chi connectivity index (χ3v) is 3.59. The lowest BCUT2D eigenvalue weighted by molar-refractivity contribution is -0.136. The summed E-state index contributed by atoms with van der Waals surface area (Å²) in [6, 6.07) is 5.16. The Hall–Kier alpha value is -1.88. The molecule has 98 valence electrons. The Kier molecular flexibility index (Phi) is 2.98. The Morgan fingerprint density at radius 3 is 3.00 bits per heavy atom. The summed E-state index contributed by atoms with van der Waals surface area (Å²) in [4.78, 5) is 29.1. The number of benzene rings is 1. The fraction of sp³-hybridized carbons (Fsp3) is 0.308. The molecule has 0 saturated carbocycles. The van der Waals surface area contributed by atoms with Crippen LogP contribution in [0.1, 0.15) is 18.4 Å². The van der Waals surface area contributed by atoms with Crippen LogP contribution < -0.4 is 5.32 Å². The molecule has 19 heavy (non-hydrogen) atoms. The maximum atomic E-state index is 11.8. The highest BCUT2D eigenvalue weighted by Crippen LogP contribution is 2.28. The molecule has 1 aromatic carbocycles. The van der Waals surface area contributed by atoms with Gasteiger partial charge in [-0.15, -0.1) is 0 Å². The highest BCUT2D eigenvalue weighted by molar-refractivity contribution is 6.30. The predicted molar refractivity (Wildman–Crippen MR) is 71.3 cm³/mol. The average molecular weight is 278 g/mol. The van der Waals surface area contributed by atoms with Crippen LogP contribution in [-0.2, 0) is 16.1 Å². The van der Waals surface area contributed by atoms with Crippen molar-refractivity contribution in [1.29, 1.82) is 0 Å². The van der Waals surface area contributed by atoms with Gasteiger partial charge in [0, 0.05) is 18.0 Å². The molecule has 0 bridgehead atoms. The van der Waals surface area contributed by atoms with E-state index in [1.165, 1.54) is 0 Å². The minimum absolute atomic E-state index is 0.210. The molecule has 1 fully saturated rings. The first-order chi connectivity index (χ1) is 9.13. The van der Waals surface area contributed by atoms with Gasteiger partial charge in [0.2, 0.25) is 11.8 Å². The van der Waals surface area contributed by atoms with Crippen LogP contribution in [0.3, 0.4) is 0 Å². The van der Waals surface area contributed by atoms with Gasteiger partial charge in [-0.05, 0) is 30.2 Å². The van der Waals surface area contributed by atoms with Crippen molar-refractivity contribution >= 4 is 35.4 Å². The lowest BCUT2D eigenvalue weighted by atomic mass is 10.0. The zero-order chi connectivity index (χ0) is 13.4. The molecular weight excluding hydrogens is 266 g/mol. The number of fused-ring (bicyclic) bond motifs is 1. The summed E-state index contributed by atoms with van der Waals surface area (Å²) in [5.74, 6) is -0.466. The van der Waals surface area contributed by atoms with E-state index in [0.717, 1.165) is 11.3 Å². The van der Waals surface area contributed by atoms with Crippen LogP contribution in [-0.4, -0.2) is 29.1 Å². The SMILES string of the molecule is O=C1CCC(N2C=Nc3ccc(Cl)cc3C2)C(=O)N1. The van der Waals surface area contributed by atoms with Crippen LogP contribution in [0.5, 0.6) is 0 Å². The molecular formula is C13H12ClN3O2. The van der Waals surface area contributed by atoms with Gasteiger partial charge < -0.3 is 4.90 Å². The molecule has 1 saturated heterocycles. The molecule has 1 atom stereocenters. The van der Waals surface area contributed by atoms with Crippen molar-refractivity contribution < 1.29 is 9.59 Å². The van der Waals surface area contributed by atoms with Crippen LogP contribution >= 0.6 is 11.6 Å². The van der Waals surface area contributed by atoms with Gasteiger partial charge in [-0.25, -0.2) is 4.99 Å². The van der Waals surface area contributed by atoms with Crippen molar-refractivity contribution in [3.8, 4) is 0 Å². The fourth-order valence-electron chi connectivity index (χ4n) is 2.37. The number of piperidine rings is 1. The summed E-state index contributed by atoms with van der Waals surface area (Å²) in [6.45, 7) is 0.575. The van der Waals surface area contributed by atoms with E-state index >= 15 is 0 Å². The number of rotatable bonds is 1. The van der Waals surface area contributed by atoms with Crippen LogP contribution in [0.25, 0.3) is 0 Å². The van der Waals surface area contributed by atoms with Gasteiger partial charge in [-0.1, -0.05) is 11.6 Å². The first-order valence-corrected chi connectivity index (χ1v) is 6.43. The molecule has 1 unspecified atom stereocenters. The van der Waals surface area contributed by atoms with Crippen LogP contribution in [0, 0.1) is 0 Å². The van der Waals surface area contributed by atoms with Crippen molar-refractivity contribution in [2.75, 3.05) is 0 Å². The van der Waals surface area contributed by atoms with Gasteiger partial charge in [0.1, 0.15) is 6.04 Å². The molecule has 1 aromatic rings. The summed E-state index contributed by atoms with van der Waals surface area (Å²) in [5, 5.41) is 3.01. The van der Waals surface area contributed by atoms with Gasteiger partial charge in [0.15, 0.2) is 0 Å². The molecule has 0 aliphatic carbocycles. The number of imide groups is 1. The summed E-state index contributed by atoms with van der Waals surface area (Å²) in [5.41, 5.74) is 1.85. The van der Waals surface area contributed by atoms with Gasteiger partial charge in [0.25, 0.3) is 0 Å². The smallest absolute Gasteiger partial charge is 0.249 e. The number of carbonyl (C=O) groups excluding carboxylic acids is 2. The number of aliphatic imine (C=N–C) groups is 1. The third-order valence-electron chi connectivity index (χ3n) is 3.35. The maximum absolute atomic E-state index is 11.8. The van der Waals surface area contributed by atoms with Gasteiger partial charge in [0.05, 0.1) is 12.0 Å². The van der Waals surface area contributed by atoms with Gasteiger partial charge in [-0.3, -0.25) is 14.9 Å². The van der Waals surface area contributed by atoms with Crippen molar-refractivity contribution in [1.82, 2.24) is 10.2 Å². The highest BCUT2D eigenvalue weighted by Gasteiger charge is 2.31. The van der Waals surface area contributed by atoms with Crippen molar-refractivity contribution in [3.63, 3.8) is 0 Å². The molecule has 0 aromatic heterocycles. The van der Waals surface area contributed by atoms with Crippen molar-refractivity contribution in [3.05, 3.63) is 28.8 Å². The van der Waals surface area contributed by atoms with E-state index in [4.69, 9.17) is 11.6 Å². The number of hydrogen-bond acceptors (Lipinski definition) is 4. The highest BCUT2D eigenvalue weighted by atomic mass is 35.5. The van der Waals surface area contributed by atoms with Crippen LogP contribution in [0.4, 0.5) is 5.69 Å². The topological polar surface area (TPSA) is 61.8 Å². The first kappa shape index (κ1) is 12.2. The second-order valence-electron chi connectivity index (χ2n) is 4.66. The second-order valence-corrected chi connectivity index (χ2v) is 5.09. The van der Waals surface area contributed by atoms with Crippen molar-refractivity contribution in [2.24, 2.45) is 4.99 Å². The molecule has 3 rings (SSSR count). The molecule has 6 heteroatoms. The molecule has 1 N–H and O–H groups in total. The van der Waals surface area contributed by atoms with E-state index in [1.807, 2.05) is 17.0 Å². The minimum Gasteiger partial charge on any atom is -0.346 e. The quantitative estimate of drug-likeness (QED) is 0.794. The summed E-state index contributed by atoms with van der Waals surface area (Å²) >= 11 is 5.96. The summed E-state index contributed by atoms with van der Waals surface area (Å²) in [7, 11) is 0. The Morgan fingerprint density at radius 2 is 2.21 bits per heavy atom. The van der Waals surface area contributed by atoms with E-state index in [0.29, 0.717) is 24.4 Å². The number of hydrogen-bond donors (Lipinski definition) is 1. The standard InChI is InChI=1S/C13H12ClN3O2/c14-9-1-2-10-8(5-9)6-17(7-15-10)11-3-4-12(18)16-13(11)19/h1-2,5,7,11H,3-4,6H2,(H,16,18,19). The molecule has 2 heterocycles. The zero-order valence-corrected chi connectivity index (χ0v) is 10.9. The normalized spacial score (nSPS) is 22.2. The van der Waals surface area contributed by atoms with E-state index in [-0.39, 0.29) is 17.9 Å². The van der Waals surface area contributed by atoms with Gasteiger partial charge >= 0.3 is 0 Å². The first-order valence-electron chi connectivity index (χ1n) is 6.05.